The van der Waals surface area contributed by atoms with Gasteiger partial charge in [0, 0.05) is 28.7 Å². The van der Waals surface area contributed by atoms with Crippen LogP contribution in [0.5, 0.6) is 11.5 Å². The fourth-order valence-electron chi connectivity index (χ4n) is 3.87. The fraction of sp³-hybridized carbons (Fsp3) is 0.200. The molecule has 0 bridgehead atoms. The van der Waals surface area contributed by atoms with Crippen molar-refractivity contribution in [2.24, 2.45) is 0 Å². The Morgan fingerprint density at radius 1 is 1.23 bits per heavy atom. The van der Waals surface area contributed by atoms with Gasteiger partial charge in [-0.25, -0.2) is 9.19 Å². The number of nitro benzene ring substituents is 1. The van der Waals surface area contributed by atoms with E-state index in [0.29, 0.717) is 42.2 Å². The average molecular weight is 616 g/mol. The average Bonchev–Trinajstić information content (AvgIpc) is 3.40. The van der Waals surface area contributed by atoms with Crippen molar-refractivity contribution in [3.8, 4) is 11.5 Å². The highest BCUT2D eigenvalue weighted by atomic mass is 79.9. The minimum absolute atomic E-state index is 0.0551. The van der Waals surface area contributed by atoms with E-state index in [1.807, 2.05) is 6.07 Å². The van der Waals surface area contributed by atoms with Crippen LogP contribution in [0.1, 0.15) is 10.4 Å². The highest BCUT2D eigenvalue weighted by molar-refractivity contribution is 9.10. The number of nitrogens with zero attached hydrogens (tertiary/aromatic N) is 2. The minimum Gasteiger partial charge on any atom is -0.455 e. The third kappa shape index (κ3) is 6.42. The molecule has 2 aromatic carbocycles. The molecule has 3 N–H and O–H groups in total. The van der Waals surface area contributed by atoms with Crippen LogP contribution in [-0.4, -0.2) is 57.5 Å². The number of amides is 1. The van der Waals surface area contributed by atoms with Crippen LogP contribution in [0.3, 0.4) is 0 Å². The third-order valence-corrected chi connectivity index (χ3v) is 7.31. The van der Waals surface area contributed by atoms with E-state index in [2.05, 4.69) is 35.9 Å². The number of rotatable bonds is 9. The molecule has 1 amide bonds. The summed E-state index contributed by atoms with van der Waals surface area (Å²) >= 11 is 3.37. The molecule has 202 valence electrons. The molecule has 14 heteroatoms. The number of carbonyl (C=O) groups is 1. The lowest BCUT2D eigenvalue weighted by Gasteiger charge is -2.23. The van der Waals surface area contributed by atoms with E-state index in [1.54, 1.807) is 24.4 Å². The summed E-state index contributed by atoms with van der Waals surface area (Å²) in [6.45, 7) is 1.65. The Labute approximate surface area is 232 Å². The van der Waals surface area contributed by atoms with Crippen LogP contribution in [0.2, 0.25) is 0 Å². The highest BCUT2D eigenvalue weighted by Gasteiger charge is 2.22. The summed E-state index contributed by atoms with van der Waals surface area (Å²) in [5.74, 6) is -0.0832. The Kier molecular flexibility index (Phi) is 8.16. The van der Waals surface area contributed by atoms with Crippen LogP contribution in [0.4, 0.5) is 11.4 Å². The van der Waals surface area contributed by atoms with Crippen LogP contribution in [-0.2, 0) is 20.5 Å². The molecule has 39 heavy (non-hydrogen) atoms. The van der Waals surface area contributed by atoms with Crippen LogP contribution in [0.25, 0.3) is 11.0 Å². The van der Waals surface area contributed by atoms with Gasteiger partial charge in [-0.2, -0.15) is 0 Å². The zero-order valence-corrected chi connectivity index (χ0v) is 22.6. The number of ether oxygens (including phenoxy) is 3. The molecule has 0 aliphatic carbocycles. The van der Waals surface area contributed by atoms with Gasteiger partial charge in [-0.15, -0.1) is 0 Å². The molecule has 1 aliphatic rings. The van der Waals surface area contributed by atoms with E-state index in [4.69, 9.17) is 14.2 Å². The number of aromatic amines is 1. The smallest absolute Gasteiger partial charge is 0.293 e. The number of aromatic nitrogens is 2. The lowest BCUT2D eigenvalue weighted by molar-refractivity contribution is -0.384. The zero-order chi connectivity index (χ0) is 27.4. The van der Waals surface area contributed by atoms with Gasteiger partial charge < -0.3 is 24.5 Å². The number of carbonyl (C=O) groups excluding carboxylic acids is 1. The zero-order valence-electron chi connectivity index (χ0n) is 20.2. The van der Waals surface area contributed by atoms with Crippen LogP contribution >= 0.6 is 15.9 Å². The summed E-state index contributed by atoms with van der Waals surface area (Å²) in [6, 6.07) is 12.4. The molecule has 0 radical (unpaired) electrons. The Bertz CT molecular complexity index is 1560. The summed E-state index contributed by atoms with van der Waals surface area (Å²) in [6.07, 6.45) is 3.03. The number of halogens is 1. The molecular formula is C25H22BrN5O7S. The molecule has 12 nitrogen and oxygen atoms in total. The van der Waals surface area contributed by atoms with Crippen molar-refractivity contribution in [2.75, 3.05) is 31.7 Å². The quantitative estimate of drug-likeness (QED) is 0.184. The molecule has 0 saturated carbocycles. The first-order valence-electron chi connectivity index (χ1n) is 11.7. The van der Waals surface area contributed by atoms with E-state index in [9.17, 15) is 19.1 Å². The largest absolute Gasteiger partial charge is 0.455 e. The Morgan fingerprint density at radius 3 is 2.90 bits per heavy atom. The van der Waals surface area contributed by atoms with Gasteiger partial charge in [-0.3, -0.25) is 19.6 Å². The number of anilines is 1. The third-order valence-electron chi connectivity index (χ3n) is 5.76. The second-order valence-electron chi connectivity index (χ2n) is 8.41. The van der Waals surface area contributed by atoms with Gasteiger partial charge in [0.05, 0.1) is 47.5 Å². The van der Waals surface area contributed by atoms with Crippen molar-refractivity contribution in [3.05, 3.63) is 81.1 Å². The topological polar surface area (TPSA) is 158 Å². The predicted octanol–water partition coefficient (Wildman–Crippen LogP) is 4.31. The first kappa shape index (κ1) is 26.7. The Balaban J connectivity index is 1.31. The molecule has 2 unspecified atom stereocenters. The summed E-state index contributed by atoms with van der Waals surface area (Å²) in [5, 5.41) is 15.5. The van der Waals surface area contributed by atoms with Gasteiger partial charge in [-0.1, -0.05) is 15.9 Å². The van der Waals surface area contributed by atoms with Gasteiger partial charge in [0.1, 0.15) is 22.8 Å². The summed E-state index contributed by atoms with van der Waals surface area (Å²) < 4.78 is 32.9. The van der Waals surface area contributed by atoms with Crippen LogP contribution < -0.4 is 14.8 Å². The molecular weight excluding hydrogens is 594 g/mol. The van der Waals surface area contributed by atoms with E-state index in [-0.39, 0.29) is 33.7 Å². The molecule has 1 fully saturated rings. The molecule has 1 saturated heterocycles. The first-order valence-corrected chi connectivity index (χ1v) is 13.7. The number of fused-ring (bicyclic) bond motifs is 1. The van der Waals surface area contributed by atoms with Gasteiger partial charge in [-0.05, 0) is 42.5 Å². The van der Waals surface area contributed by atoms with E-state index in [1.165, 1.54) is 24.4 Å². The number of H-pyrrole nitrogens is 1. The first-order chi connectivity index (χ1) is 18.9. The van der Waals surface area contributed by atoms with Crippen molar-refractivity contribution in [1.82, 2.24) is 14.7 Å². The lowest BCUT2D eigenvalue weighted by atomic mass is 10.2. The van der Waals surface area contributed by atoms with Crippen molar-refractivity contribution in [1.29, 1.82) is 0 Å². The van der Waals surface area contributed by atoms with E-state index in [0.717, 1.165) is 11.5 Å². The summed E-state index contributed by atoms with van der Waals surface area (Å²) in [4.78, 5) is 31.5. The lowest BCUT2D eigenvalue weighted by Crippen LogP contribution is -2.34. The fourth-order valence-corrected chi connectivity index (χ4v) is 5.02. The number of nitro groups is 1. The van der Waals surface area contributed by atoms with Crippen LogP contribution in [0.15, 0.2) is 70.3 Å². The monoisotopic (exact) mass is 615 g/mol. The Hall–Kier alpha value is -3.85. The number of nitrogens with one attached hydrogen (secondary N) is 3. The van der Waals surface area contributed by atoms with Crippen molar-refractivity contribution < 1.29 is 28.1 Å². The SMILES string of the molecule is O=C(NS(=O)c1ccc(NCC2COCCO2)c([N+](=O)[O-])c1)c1ccc(Br)cc1Oc1cnc2[nH]ccc2c1. The number of benzene rings is 2. The molecule has 1 aliphatic heterocycles. The number of pyridine rings is 1. The normalized spacial score (nSPS) is 16.0. The van der Waals surface area contributed by atoms with Gasteiger partial charge in [0.15, 0.2) is 11.0 Å². The van der Waals surface area contributed by atoms with Gasteiger partial charge in [0.25, 0.3) is 11.6 Å². The molecule has 3 heterocycles. The van der Waals surface area contributed by atoms with Gasteiger partial charge in [0.2, 0.25) is 0 Å². The maximum absolute atomic E-state index is 13.1. The second kappa shape index (κ2) is 11.9. The van der Waals surface area contributed by atoms with Gasteiger partial charge >= 0.3 is 0 Å². The number of hydrogen-bond acceptors (Lipinski definition) is 9. The van der Waals surface area contributed by atoms with E-state index >= 15 is 0 Å². The molecule has 2 aromatic heterocycles. The second-order valence-corrected chi connectivity index (χ2v) is 10.5. The standard InChI is InChI=1S/C25H22BrN5O7S/c26-16-1-3-20(23(10-16)38-17-9-15-5-6-27-24(15)29-12-17)25(32)30-39(35)19-2-4-21(22(11-19)31(33)34)28-13-18-14-36-7-8-37-18/h1-6,9-12,18,28H,7-8,13-14H2,(H,27,29)(H,30,32). The molecule has 0 spiro atoms. The maximum Gasteiger partial charge on any atom is 0.293 e. The van der Waals surface area contributed by atoms with Crippen molar-refractivity contribution in [3.63, 3.8) is 0 Å². The maximum atomic E-state index is 13.1. The highest BCUT2D eigenvalue weighted by Crippen LogP contribution is 2.31. The molecule has 5 rings (SSSR count). The predicted molar refractivity (Wildman–Crippen MR) is 146 cm³/mol. The van der Waals surface area contributed by atoms with Crippen molar-refractivity contribution >= 4 is 55.2 Å². The molecule has 2 atom stereocenters. The minimum atomic E-state index is -2.09. The van der Waals surface area contributed by atoms with E-state index < -0.39 is 21.8 Å². The van der Waals surface area contributed by atoms with Crippen molar-refractivity contribution in [2.45, 2.75) is 11.0 Å². The van der Waals surface area contributed by atoms with Crippen LogP contribution in [0, 0.1) is 10.1 Å². The molecule has 4 aromatic rings. The Morgan fingerprint density at radius 2 is 2.10 bits per heavy atom. The summed E-state index contributed by atoms with van der Waals surface area (Å²) in [5.41, 5.74) is 0.754. The number of hydrogen-bond donors (Lipinski definition) is 3. The summed E-state index contributed by atoms with van der Waals surface area (Å²) in [7, 11) is -2.09.